The zero-order valence-corrected chi connectivity index (χ0v) is 8.62. The monoisotopic (exact) mass is 178 g/mol. The minimum absolute atomic E-state index is 0.222. The quantitative estimate of drug-likeness (QED) is 0.754. The molecule has 2 atom stereocenters. The van der Waals surface area contributed by atoms with Crippen molar-refractivity contribution in [3.8, 4) is 0 Å². The highest BCUT2D eigenvalue weighted by molar-refractivity contribution is 5.22. The zero-order chi connectivity index (χ0) is 9.84. The molecule has 0 radical (unpaired) electrons. The van der Waals surface area contributed by atoms with E-state index in [1.165, 1.54) is 11.1 Å². The molecule has 1 aromatic carbocycles. The van der Waals surface area contributed by atoms with E-state index in [-0.39, 0.29) is 6.10 Å². The summed E-state index contributed by atoms with van der Waals surface area (Å²) in [7, 11) is 0. The molecule has 0 saturated carbocycles. The van der Waals surface area contributed by atoms with E-state index >= 15 is 0 Å². The molecule has 0 aliphatic carbocycles. The van der Waals surface area contributed by atoms with E-state index in [1.807, 2.05) is 6.92 Å². The first kappa shape index (κ1) is 10.3. The standard InChI is InChI=1S/C12H18O/c1-9-5-4-6-12(7-9)8-10(2)11(3)13/h4-7,10-11,13H,8H2,1-3H3/t10-,11?/m0/s1. The van der Waals surface area contributed by atoms with Crippen molar-refractivity contribution in [1.29, 1.82) is 0 Å². The molecule has 0 bridgehead atoms. The van der Waals surface area contributed by atoms with E-state index in [0.29, 0.717) is 5.92 Å². The molecule has 1 unspecified atom stereocenters. The number of aliphatic hydroxyl groups excluding tert-OH is 1. The largest absolute Gasteiger partial charge is 0.393 e. The minimum Gasteiger partial charge on any atom is -0.393 e. The Bertz CT molecular complexity index is 266. The second kappa shape index (κ2) is 4.43. The second-order valence-electron chi connectivity index (χ2n) is 3.91. The maximum atomic E-state index is 9.35. The third-order valence-corrected chi connectivity index (χ3v) is 2.46. The van der Waals surface area contributed by atoms with E-state index in [2.05, 4.69) is 38.1 Å². The van der Waals surface area contributed by atoms with Crippen LogP contribution in [0.1, 0.15) is 25.0 Å². The van der Waals surface area contributed by atoms with Crippen LogP contribution in [0.15, 0.2) is 24.3 Å². The summed E-state index contributed by atoms with van der Waals surface area (Å²) >= 11 is 0. The third kappa shape index (κ3) is 3.19. The summed E-state index contributed by atoms with van der Waals surface area (Å²) in [4.78, 5) is 0. The summed E-state index contributed by atoms with van der Waals surface area (Å²) in [6.07, 6.45) is 0.736. The summed E-state index contributed by atoms with van der Waals surface area (Å²) < 4.78 is 0. The lowest BCUT2D eigenvalue weighted by Gasteiger charge is -2.14. The van der Waals surface area contributed by atoms with Gasteiger partial charge >= 0.3 is 0 Å². The van der Waals surface area contributed by atoms with Crippen LogP contribution in [0.3, 0.4) is 0 Å². The average molecular weight is 178 g/mol. The zero-order valence-electron chi connectivity index (χ0n) is 8.62. The van der Waals surface area contributed by atoms with Crippen LogP contribution in [0.25, 0.3) is 0 Å². The topological polar surface area (TPSA) is 20.2 Å². The van der Waals surface area contributed by atoms with E-state index in [0.717, 1.165) is 6.42 Å². The van der Waals surface area contributed by atoms with Gasteiger partial charge in [-0.3, -0.25) is 0 Å². The Morgan fingerprint density at radius 1 is 1.31 bits per heavy atom. The van der Waals surface area contributed by atoms with Gasteiger partial charge in [-0.2, -0.15) is 0 Å². The number of hydrogen-bond donors (Lipinski definition) is 1. The summed E-state index contributed by atoms with van der Waals surface area (Å²) in [5.74, 6) is 0.335. The lowest BCUT2D eigenvalue weighted by molar-refractivity contribution is 0.135. The molecule has 0 aromatic heterocycles. The van der Waals surface area contributed by atoms with Crippen molar-refractivity contribution < 1.29 is 5.11 Å². The fraction of sp³-hybridized carbons (Fsp3) is 0.500. The van der Waals surface area contributed by atoms with Crippen LogP contribution in [0.2, 0.25) is 0 Å². The molecule has 13 heavy (non-hydrogen) atoms. The fourth-order valence-corrected chi connectivity index (χ4v) is 1.38. The highest BCUT2D eigenvalue weighted by Crippen LogP contribution is 2.12. The maximum absolute atomic E-state index is 9.35. The highest BCUT2D eigenvalue weighted by atomic mass is 16.3. The van der Waals surface area contributed by atoms with Gasteiger partial charge in [0.25, 0.3) is 0 Å². The normalized spacial score (nSPS) is 15.4. The first-order chi connectivity index (χ1) is 6.09. The molecule has 0 spiro atoms. The summed E-state index contributed by atoms with van der Waals surface area (Å²) in [6.45, 7) is 6.02. The van der Waals surface area contributed by atoms with Crippen LogP contribution in [0, 0.1) is 12.8 Å². The molecule has 0 amide bonds. The molecule has 0 heterocycles. The van der Waals surface area contributed by atoms with Crippen LogP contribution >= 0.6 is 0 Å². The fourth-order valence-electron chi connectivity index (χ4n) is 1.38. The van der Waals surface area contributed by atoms with Crippen molar-refractivity contribution in [2.75, 3.05) is 0 Å². The molecule has 0 saturated heterocycles. The van der Waals surface area contributed by atoms with Crippen molar-refractivity contribution in [3.05, 3.63) is 35.4 Å². The second-order valence-corrected chi connectivity index (χ2v) is 3.91. The van der Waals surface area contributed by atoms with E-state index in [1.54, 1.807) is 0 Å². The van der Waals surface area contributed by atoms with Crippen LogP contribution in [-0.2, 0) is 6.42 Å². The van der Waals surface area contributed by atoms with Crippen molar-refractivity contribution >= 4 is 0 Å². The van der Waals surface area contributed by atoms with Crippen molar-refractivity contribution in [2.45, 2.75) is 33.3 Å². The minimum atomic E-state index is -0.222. The number of aliphatic hydroxyl groups is 1. The van der Waals surface area contributed by atoms with Crippen LogP contribution in [-0.4, -0.2) is 11.2 Å². The van der Waals surface area contributed by atoms with Gasteiger partial charge in [0.2, 0.25) is 0 Å². The van der Waals surface area contributed by atoms with Gasteiger partial charge in [0.1, 0.15) is 0 Å². The van der Waals surface area contributed by atoms with Gasteiger partial charge < -0.3 is 5.11 Å². The Labute approximate surface area is 80.4 Å². The number of aryl methyl sites for hydroxylation is 1. The van der Waals surface area contributed by atoms with E-state index in [9.17, 15) is 5.11 Å². The SMILES string of the molecule is Cc1cccc(C[C@H](C)C(C)O)c1. The molecule has 0 fully saturated rings. The molecule has 72 valence electrons. The Balaban J connectivity index is 2.64. The van der Waals surface area contributed by atoms with Crippen molar-refractivity contribution in [3.63, 3.8) is 0 Å². The van der Waals surface area contributed by atoms with E-state index < -0.39 is 0 Å². The molecule has 0 aliphatic rings. The molecule has 0 aliphatic heterocycles. The Kier molecular flexibility index (Phi) is 3.49. The predicted octanol–water partition coefficient (Wildman–Crippen LogP) is 2.55. The number of benzene rings is 1. The predicted molar refractivity (Wildman–Crippen MR) is 55.7 cm³/mol. The summed E-state index contributed by atoms with van der Waals surface area (Å²) in [5.41, 5.74) is 2.60. The van der Waals surface area contributed by atoms with Crippen LogP contribution < -0.4 is 0 Å². The summed E-state index contributed by atoms with van der Waals surface area (Å²) in [5, 5.41) is 9.35. The van der Waals surface area contributed by atoms with Gasteiger partial charge in [-0.1, -0.05) is 36.8 Å². The Morgan fingerprint density at radius 3 is 2.54 bits per heavy atom. The highest BCUT2D eigenvalue weighted by Gasteiger charge is 2.08. The Morgan fingerprint density at radius 2 is 2.00 bits per heavy atom. The lowest BCUT2D eigenvalue weighted by Crippen LogP contribution is -2.15. The average Bonchev–Trinajstić information content (AvgIpc) is 2.04. The smallest absolute Gasteiger partial charge is 0.0540 e. The van der Waals surface area contributed by atoms with Crippen LogP contribution in [0.4, 0.5) is 0 Å². The first-order valence-corrected chi connectivity index (χ1v) is 4.83. The van der Waals surface area contributed by atoms with Crippen LogP contribution in [0.5, 0.6) is 0 Å². The first-order valence-electron chi connectivity index (χ1n) is 4.83. The molecule has 1 N–H and O–H groups in total. The molecular formula is C12H18O. The maximum Gasteiger partial charge on any atom is 0.0540 e. The van der Waals surface area contributed by atoms with Crippen molar-refractivity contribution in [2.24, 2.45) is 5.92 Å². The number of rotatable bonds is 3. The number of hydrogen-bond acceptors (Lipinski definition) is 1. The summed E-state index contributed by atoms with van der Waals surface area (Å²) in [6, 6.07) is 8.46. The lowest BCUT2D eigenvalue weighted by atomic mass is 9.96. The third-order valence-electron chi connectivity index (χ3n) is 2.46. The van der Waals surface area contributed by atoms with Gasteiger partial charge in [0.15, 0.2) is 0 Å². The van der Waals surface area contributed by atoms with Gasteiger partial charge in [-0.05, 0) is 31.7 Å². The van der Waals surface area contributed by atoms with E-state index in [4.69, 9.17) is 0 Å². The van der Waals surface area contributed by atoms with Gasteiger partial charge in [-0.25, -0.2) is 0 Å². The van der Waals surface area contributed by atoms with Gasteiger partial charge in [0, 0.05) is 0 Å². The van der Waals surface area contributed by atoms with Gasteiger partial charge in [0.05, 0.1) is 6.10 Å². The molecule has 1 heteroatoms. The molecular weight excluding hydrogens is 160 g/mol. The van der Waals surface area contributed by atoms with Gasteiger partial charge in [-0.15, -0.1) is 0 Å². The Hall–Kier alpha value is -0.820. The van der Waals surface area contributed by atoms with Crippen molar-refractivity contribution in [1.82, 2.24) is 0 Å². The molecule has 1 aromatic rings. The molecule has 1 nitrogen and oxygen atoms in total. The molecule has 1 rings (SSSR count).